The van der Waals surface area contributed by atoms with Crippen molar-refractivity contribution in [2.75, 3.05) is 19.7 Å². The van der Waals surface area contributed by atoms with Crippen LogP contribution in [0.15, 0.2) is 24.3 Å². The molecule has 1 aliphatic carbocycles. The van der Waals surface area contributed by atoms with E-state index in [1.807, 2.05) is 19.1 Å². The number of ether oxygens (including phenoxy) is 2. The van der Waals surface area contributed by atoms with Gasteiger partial charge in [-0.1, -0.05) is 69.2 Å². The van der Waals surface area contributed by atoms with Gasteiger partial charge in [0.05, 0.1) is 31.3 Å². The van der Waals surface area contributed by atoms with E-state index in [2.05, 4.69) is 22.8 Å². The minimum Gasteiger partial charge on any atom is -0.466 e. The molecule has 2 saturated heterocycles. The number of hydrogen-bond donors (Lipinski definition) is 2. The zero-order valence-electron chi connectivity index (χ0n) is 23.1. The van der Waals surface area contributed by atoms with E-state index in [9.17, 15) is 14.4 Å². The smallest absolute Gasteiger partial charge is 0.306 e. The Labute approximate surface area is 227 Å². The molecule has 2 amide bonds. The van der Waals surface area contributed by atoms with E-state index in [0.29, 0.717) is 26.0 Å². The first-order valence-electron chi connectivity index (χ1n) is 15.0. The van der Waals surface area contributed by atoms with E-state index in [0.717, 1.165) is 49.1 Å². The van der Waals surface area contributed by atoms with E-state index < -0.39 is 0 Å². The molecule has 7 nitrogen and oxygen atoms in total. The van der Waals surface area contributed by atoms with E-state index in [1.54, 1.807) is 0 Å². The van der Waals surface area contributed by atoms with Crippen LogP contribution >= 0.6 is 0 Å². The molecular weight excluding hydrogens is 480 g/mol. The van der Waals surface area contributed by atoms with Crippen LogP contribution in [0.25, 0.3) is 0 Å². The van der Waals surface area contributed by atoms with Crippen LogP contribution < -0.4 is 10.6 Å². The first-order valence-corrected chi connectivity index (χ1v) is 15.0. The summed E-state index contributed by atoms with van der Waals surface area (Å²) in [5.74, 6) is 0.292. The van der Waals surface area contributed by atoms with Crippen molar-refractivity contribution in [3.05, 3.63) is 35.4 Å². The van der Waals surface area contributed by atoms with Crippen LogP contribution in [-0.4, -0.2) is 49.7 Å². The molecule has 4 rings (SSSR count). The molecule has 4 atom stereocenters. The lowest BCUT2D eigenvalue weighted by Gasteiger charge is -2.28. The summed E-state index contributed by atoms with van der Waals surface area (Å²) in [6, 6.07) is 8.13. The summed E-state index contributed by atoms with van der Waals surface area (Å²) < 4.78 is 11.3. The SMILES string of the molecule is CCOC(=O)CCc1ccccc1CC1C2CCC(O2)C1C(=O)NCC(=O)NCCCCC1CCCCC1. The van der Waals surface area contributed by atoms with Crippen LogP contribution in [0, 0.1) is 17.8 Å². The average Bonchev–Trinajstić information content (AvgIpc) is 3.54. The maximum atomic E-state index is 13.2. The van der Waals surface area contributed by atoms with Gasteiger partial charge in [-0.15, -0.1) is 0 Å². The maximum Gasteiger partial charge on any atom is 0.306 e. The predicted molar refractivity (Wildman–Crippen MR) is 146 cm³/mol. The first kappa shape index (κ1) is 28.6. The van der Waals surface area contributed by atoms with E-state index in [4.69, 9.17) is 9.47 Å². The van der Waals surface area contributed by atoms with Gasteiger partial charge in [0.15, 0.2) is 0 Å². The molecule has 2 N–H and O–H groups in total. The molecule has 2 aliphatic heterocycles. The fraction of sp³-hybridized carbons (Fsp3) is 0.710. The third-order valence-electron chi connectivity index (χ3n) is 8.71. The number of unbranched alkanes of at least 4 members (excludes halogenated alkanes) is 1. The standard InChI is InChI=1S/C31H46N2O5/c1-2-37-29(35)18-15-23-13-6-7-14-24(23)20-25-26-16-17-27(38-26)30(25)31(36)33-21-28(34)32-19-9-8-12-22-10-4-3-5-11-22/h6-7,13-14,22,25-27,30H,2-5,8-12,15-21H2,1H3,(H,32,34)(H,33,36). The average molecular weight is 527 g/mol. The minimum absolute atomic E-state index is 0.0121. The van der Waals surface area contributed by atoms with Gasteiger partial charge in [0.1, 0.15) is 0 Å². The Bertz CT molecular complexity index is 929. The summed E-state index contributed by atoms with van der Waals surface area (Å²) in [5, 5.41) is 5.86. The highest BCUT2D eigenvalue weighted by Crippen LogP contribution is 2.45. The van der Waals surface area contributed by atoms with Gasteiger partial charge in [0, 0.05) is 18.9 Å². The summed E-state index contributed by atoms with van der Waals surface area (Å²) in [4.78, 5) is 37.5. The second-order valence-electron chi connectivity index (χ2n) is 11.3. The minimum atomic E-state index is -0.254. The Morgan fingerprint density at radius 3 is 2.50 bits per heavy atom. The molecule has 210 valence electrons. The van der Waals surface area contributed by atoms with Gasteiger partial charge in [-0.05, 0) is 56.1 Å². The van der Waals surface area contributed by atoms with Crippen LogP contribution in [0.1, 0.15) is 88.7 Å². The lowest BCUT2D eigenvalue weighted by molar-refractivity contribution is -0.143. The van der Waals surface area contributed by atoms with Gasteiger partial charge in [-0.2, -0.15) is 0 Å². The summed E-state index contributed by atoms with van der Waals surface area (Å²) in [6.45, 7) is 2.88. The molecule has 2 heterocycles. The van der Waals surface area contributed by atoms with Crippen LogP contribution in [0.4, 0.5) is 0 Å². The number of amides is 2. The summed E-state index contributed by atoms with van der Waals surface area (Å²) in [7, 11) is 0. The number of carbonyl (C=O) groups is 3. The monoisotopic (exact) mass is 526 g/mol. The van der Waals surface area contributed by atoms with Crippen molar-refractivity contribution in [2.24, 2.45) is 17.8 Å². The Morgan fingerprint density at radius 2 is 1.71 bits per heavy atom. The van der Waals surface area contributed by atoms with Crippen molar-refractivity contribution in [3.63, 3.8) is 0 Å². The molecule has 1 saturated carbocycles. The molecule has 0 radical (unpaired) electrons. The first-order chi connectivity index (χ1) is 18.5. The van der Waals surface area contributed by atoms with Crippen LogP contribution in [-0.2, 0) is 36.7 Å². The van der Waals surface area contributed by atoms with Gasteiger partial charge in [0.25, 0.3) is 0 Å². The highest BCUT2D eigenvalue weighted by atomic mass is 16.5. The molecule has 38 heavy (non-hydrogen) atoms. The number of nitrogens with one attached hydrogen (secondary N) is 2. The number of esters is 1. The Morgan fingerprint density at radius 1 is 0.947 bits per heavy atom. The molecule has 2 bridgehead atoms. The number of hydrogen-bond acceptors (Lipinski definition) is 5. The zero-order chi connectivity index (χ0) is 26.7. The quantitative estimate of drug-likeness (QED) is 0.275. The summed E-state index contributed by atoms with van der Waals surface area (Å²) in [5.41, 5.74) is 2.27. The highest BCUT2D eigenvalue weighted by molar-refractivity contribution is 5.86. The normalized spacial score (nSPS) is 24.8. The molecule has 3 fully saturated rings. The molecular formula is C31H46N2O5. The number of carbonyl (C=O) groups excluding carboxylic acids is 3. The van der Waals surface area contributed by atoms with Crippen molar-refractivity contribution in [2.45, 2.75) is 103 Å². The van der Waals surface area contributed by atoms with Gasteiger partial charge in [-0.3, -0.25) is 14.4 Å². The molecule has 1 aromatic rings. The maximum absolute atomic E-state index is 13.2. The van der Waals surface area contributed by atoms with Gasteiger partial charge in [0.2, 0.25) is 11.8 Å². The van der Waals surface area contributed by atoms with Crippen molar-refractivity contribution in [3.8, 4) is 0 Å². The molecule has 4 unspecified atom stereocenters. The van der Waals surface area contributed by atoms with Crippen LogP contribution in [0.5, 0.6) is 0 Å². The molecule has 0 spiro atoms. The largest absolute Gasteiger partial charge is 0.466 e. The van der Waals surface area contributed by atoms with Crippen molar-refractivity contribution >= 4 is 17.8 Å². The van der Waals surface area contributed by atoms with Gasteiger partial charge in [-0.25, -0.2) is 0 Å². The summed E-state index contributed by atoms with van der Waals surface area (Å²) >= 11 is 0. The van der Waals surface area contributed by atoms with E-state index >= 15 is 0 Å². The van der Waals surface area contributed by atoms with Crippen LogP contribution in [0.2, 0.25) is 0 Å². The van der Waals surface area contributed by atoms with Crippen molar-refractivity contribution < 1.29 is 23.9 Å². The fourth-order valence-corrected chi connectivity index (χ4v) is 6.73. The lowest BCUT2D eigenvalue weighted by Crippen LogP contribution is -2.45. The van der Waals surface area contributed by atoms with E-state index in [1.165, 1.54) is 38.5 Å². The number of rotatable bonds is 14. The number of fused-ring (bicyclic) bond motifs is 2. The number of benzene rings is 1. The molecule has 7 heteroatoms. The lowest BCUT2D eigenvalue weighted by atomic mass is 9.75. The predicted octanol–water partition coefficient (Wildman–Crippen LogP) is 4.50. The summed E-state index contributed by atoms with van der Waals surface area (Å²) in [6.07, 6.45) is 13.8. The third kappa shape index (κ3) is 8.05. The molecule has 1 aromatic carbocycles. The third-order valence-corrected chi connectivity index (χ3v) is 8.71. The second kappa shape index (κ2) is 14.7. The fourth-order valence-electron chi connectivity index (χ4n) is 6.73. The van der Waals surface area contributed by atoms with E-state index in [-0.39, 0.29) is 48.4 Å². The molecule has 3 aliphatic rings. The Balaban J connectivity index is 1.22. The van der Waals surface area contributed by atoms with Crippen molar-refractivity contribution in [1.29, 1.82) is 0 Å². The topological polar surface area (TPSA) is 93.7 Å². The highest BCUT2D eigenvalue weighted by Gasteiger charge is 2.52. The second-order valence-corrected chi connectivity index (χ2v) is 11.3. The Hall–Kier alpha value is -2.41. The molecule has 0 aromatic heterocycles. The van der Waals surface area contributed by atoms with Crippen molar-refractivity contribution in [1.82, 2.24) is 10.6 Å². The Kier molecular flexibility index (Phi) is 11.0. The van der Waals surface area contributed by atoms with Crippen LogP contribution in [0.3, 0.4) is 0 Å². The number of aryl methyl sites for hydroxylation is 1. The van der Waals surface area contributed by atoms with Gasteiger partial charge >= 0.3 is 5.97 Å². The zero-order valence-corrected chi connectivity index (χ0v) is 23.1. The van der Waals surface area contributed by atoms with Gasteiger partial charge < -0.3 is 20.1 Å².